The highest BCUT2D eigenvalue weighted by Crippen LogP contribution is 2.27. The second-order valence-electron chi connectivity index (χ2n) is 3.64. The number of nitrogens with one attached hydrogen (secondary N) is 1. The highest BCUT2D eigenvalue weighted by Gasteiger charge is 2.35. The third-order valence-electron chi connectivity index (χ3n) is 2.28. The number of carbonyl (C=O) groups is 1. The molecule has 0 radical (unpaired) electrons. The van der Waals surface area contributed by atoms with Gasteiger partial charge in [-0.2, -0.15) is 0 Å². The van der Waals surface area contributed by atoms with E-state index in [0.717, 1.165) is 0 Å². The van der Waals surface area contributed by atoms with E-state index in [0.29, 0.717) is 18.6 Å². The molecule has 88 valence electrons. The van der Waals surface area contributed by atoms with Crippen LogP contribution in [-0.4, -0.2) is 24.7 Å². The first-order chi connectivity index (χ1) is 7.49. The minimum Gasteiger partial charge on any atom is -0.475 e. The van der Waals surface area contributed by atoms with Crippen molar-refractivity contribution in [3.8, 4) is 0 Å². The van der Waals surface area contributed by atoms with Crippen molar-refractivity contribution in [3.05, 3.63) is 23.7 Å². The number of hydrogen-bond donors (Lipinski definition) is 2. The van der Waals surface area contributed by atoms with E-state index in [9.17, 15) is 13.2 Å². The summed E-state index contributed by atoms with van der Waals surface area (Å²) in [5.41, 5.74) is 0. The van der Waals surface area contributed by atoms with Crippen LogP contribution in [0.25, 0.3) is 0 Å². The molecule has 1 fully saturated rings. The molecule has 6 nitrogen and oxygen atoms in total. The molecule has 0 saturated heterocycles. The van der Waals surface area contributed by atoms with Gasteiger partial charge < -0.3 is 9.52 Å². The highest BCUT2D eigenvalue weighted by molar-refractivity contribution is 7.90. The summed E-state index contributed by atoms with van der Waals surface area (Å²) >= 11 is 0. The topological polar surface area (TPSA) is 96.6 Å². The Morgan fingerprint density at radius 1 is 1.50 bits per heavy atom. The van der Waals surface area contributed by atoms with Gasteiger partial charge in [0.2, 0.25) is 15.8 Å². The number of carboxylic acid groups (broad SMARTS) is 1. The molecule has 0 bridgehead atoms. The van der Waals surface area contributed by atoms with Gasteiger partial charge in [0.25, 0.3) is 0 Å². The number of rotatable bonds is 5. The van der Waals surface area contributed by atoms with Gasteiger partial charge in [0.1, 0.15) is 5.76 Å². The second-order valence-corrected chi connectivity index (χ2v) is 5.68. The summed E-state index contributed by atoms with van der Waals surface area (Å²) in [6.45, 7) is -0.00782. The summed E-state index contributed by atoms with van der Waals surface area (Å²) in [4.78, 5) is 10.5. The number of sulfonamides is 1. The molecule has 16 heavy (non-hydrogen) atoms. The maximum absolute atomic E-state index is 11.4. The Morgan fingerprint density at radius 3 is 2.69 bits per heavy atom. The van der Waals surface area contributed by atoms with Crippen LogP contribution in [0.1, 0.15) is 29.2 Å². The van der Waals surface area contributed by atoms with Crippen LogP contribution in [-0.2, 0) is 16.6 Å². The summed E-state index contributed by atoms with van der Waals surface area (Å²) < 4.78 is 30.2. The smallest absolute Gasteiger partial charge is 0.371 e. The Kier molecular flexibility index (Phi) is 2.73. The molecule has 0 aliphatic heterocycles. The first kappa shape index (κ1) is 11.2. The molecular weight excluding hydrogens is 234 g/mol. The molecule has 1 aliphatic carbocycles. The molecule has 0 spiro atoms. The molecule has 1 aromatic heterocycles. The maximum Gasteiger partial charge on any atom is 0.371 e. The van der Waals surface area contributed by atoms with Crippen molar-refractivity contribution < 1.29 is 22.7 Å². The lowest BCUT2D eigenvalue weighted by molar-refractivity contribution is 0.0660. The summed E-state index contributed by atoms with van der Waals surface area (Å²) in [6, 6.07) is 2.74. The first-order valence-electron chi connectivity index (χ1n) is 4.79. The van der Waals surface area contributed by atoms with E-state index in [-0.39, 0.29) is 17.6 Å². The summed E-state index contributed by atoms with van der Waals surface area (Å²) in [7, 11) is -3.25. The predicted octanol–water partition coefficient (Wildman–Crippen LogP) is 0.560. The zero-order valence-electron chi connectivity index (χ0n) is 8.34. The molecule has 1 saturated carbocycles. The van der Waals surface area contributed by atoms with Gasteiger partial charge in [0, 0.05) is 0 Å². The van der Waals surface area contributed by atoms with Crippen LogP contribution in [0.4, 0.5) is 0 Å². The molecule has 0 amide bonds. The Morgan fingerprint density at radius 2 is 2.19 bits per heavy atom. The van der Waals surface area contributed by atoms with E-state index < -0.39 is 16.0 Å². The number of hydrogen-bond acceptors (Lipinski definition) is 4. The summed E-state index contributed by atoms with van der Waals surface area (Å²) in [5.74, 6) is -1.07. The van der Waals surface area contributed by atoms with E-state index >= 15 is 0 Å². The van der Waals surface area contributed by atoms with E-state index in [2.05, 4.69) is 4.72 Å². The molecule has 2 rings (SSSR count). The predicted molar refractivity (Wildman–Crippen MR) is 54.4 cm³/mol. The summed E-state index contributed by atoms with van der Waals surface area (Å²) in [5, 5.41) is 8.30. The number of furan rings is 1. The van der Waals surface area contributed by atoms with Crippen LogP contribution < -0.4 is 4.72 Å². The Balaban J connectivity index is 1.96. The average Bonchev–Trinajstić information content (AvgIpc) is 2.95. The molecule has 0 aromatic carbocycles. The Labute approximate surface area is 92.3 Å². The average molecular weight is 245 g/mol. The van der Waals surface area contributed by atoms with E-state index in [1.807, 2.05) is 0 Å². The van der Waals surface area contributed by atoms with Crippen molar-refractivity contribution in [1.29, 1.82) is 0 Å². The third-order valence-corrected chi connectivity index (χ3v) is 4.18. The van der Waals surface area contributed by atoms with Gasteiger partial charge in [-0.05, 0) is 25.0 Å². The second kappa shape index (κ2) is 3.91. The summed E-state index contributed by atoms with van der Waals surface area (Å²) in [6.07, 6.45) is 1.38. The zero-order valence-corrected chi connectivity index (χ0v) is 9.16. The molecule has 1 aromatic rings. The van der Waals surface area contributed by atoms with Crippen LogP contribution in [0.5, 0.6) is 0 Å². The zero-order chi connectivity index (χ0) is 11.8. The third kappa shape index (κ3) is 2.42. The fourth-order valence-corrected chi connectivity index (χ4v) is 2.59. The molecule has 0 atom stereocenters. The first-order valence-corrected chi connectivity index (χ1v) is 6.34. The molecule has 7 heteroatoms. The van der Waals surface area contributed by atoms with Crippen LogP contribution in [0.3, 0.4) is 0 Å². The normalized spacial score (nSPS) is 16.2. The van der Waals surface area contributed by atoms with Gasteiger partial charge in [0.05, 0.1) is 11.8 Å². The van der Waals surface area contributed by atoms with Gasteiger partial charge >= 0.3 is 5.97 Å². The van der Waals surface area contributed by atoms with Crippen LogP contribution in [0.2, 0.25) is 0 Å². The van der Waals surface area contributed by atoms with Gasteiger partial charge in [-0.3, -0.25) is 0 Å². The largest absolute Gasteiger partial charge is 0.475 e. The standard InChI is InChI=1S/C9H11NO5S/c11-9(12)8-4-1-6(15-8)5-10-16(13,14)7-2-3-7/h1,4,7,10H,2-3,5H2,(H,11,12). The lowest BCUT2D eigenvalue weighted by Crippen LogP contribution is -2.26. The van der Waals surface area contributed by atoms with Gasteiger partial charge in [-0.1, -0.05) is 0 Å². The molecule has 1 aliphatic rings. The fraction of sp³-hybridized carbons (Fsp3) is 0.444. The minimum atomic E-state index is -3.25. The van der Waals surface area contributed by atoms with Crippen LogP contribution in [0, 0.1) is 0 Å². The Bertz CT molecular complexity index is 500. The van der Waals surface area contributed by atoms with Crippen molar-refractivity contribution in [3.63, 3.8) is 0 Å². The fourth-order valence-electron chi connectivity index (χ4n) is 1.26. The monoisotopic (exact) mass is 245 g/mol. The van der Waals surface area contributed by atoms with Crippen molar-refractivity contribution in [2.24, 2.45) is 0 Å². The quantitative estimate of drug-likeness (QED) is 0.790. The van der Waals surface area contributed by atoms with Crippen molar-refractivity contribution in [2.45, 2.75) is 24.6 Å². The lowest BCUT2D eigenvalue weighted by atomic mass is 10.4. The van der Waals surface area contributed by atoms with Crippen LogP contribution in [0.15, 0.2) is 16.5 Å². The highest BCUT2D eigenvalue weighted by atomic mass is 32.2. The Hall–Kier alpha value is -1.34. The van der Waals surface area contributed by atoms with E-state index in [4.69, 9.17) is 9.52 Å². The lowest BCUT2D eigenvalue weighted by Gasteiger charge is -2.02. The minimum absolute atomic E-state index is 0.00782. The SMILES string of the molecule is O=C(O)c1ccc(CNS(=O)(=O)C2CC2)o1. The van der Waals surface area contributed by atoms with Gasteiger partial charge in [-0.25, -0.2) is 17.9 Å². The van der Waals surface area contributed by atoms with Crippen molar-refractivity contribution in [1.82, 2.24) is 4.72 Å². The molecular formula is C9H11NO5S. The van der Waals surface area contributed by atoms with Crippen molar-refractivity contribution in [2.75, 3.05) is 0 Å². The molecule has 2 N–H and O–H groups in total. The maximum atomic E-state index is 11.4. The number of aromatic carboxylic acids is 1. The number of carboxylic acids is 1. The molecule has 1 heterocycles. The van der Waals surface area contributed by atoms with Crippen LogP contribution >= 0.6 is 0 Å². The van der Waals surface area contributed by atoms with Gasteiger partial charge in [0.15, 0.2) is 0 Å². The van der Waals surface area contributed by atoms with Gasteiger partial charge in [-0.15, -0.1) is 0 Å². The molecule has 0 unspecified atom stereocenters. The van der Waals surface area contributed by atoms with Crippen molar-refractivity contribution >= 4 is 16.0 Å². The van der Waals surface area contributed by atoms with E-state index in [1.165, 1.54) is 12.1 Å². The van der Waals surface area contributed by atoms with E-state index in [1.54, 1.807) is 0 Å².